The van der Waals surface area contributed by atoms with Gasteiger partial charge in [-0.15, -0.1) is 0 Å². The van der Waals surface area contributed by atoms with E-state index in [-0.39, 0.29) is 24.9 Å². The third kappa shape index (κ3) is 4.06. The molecule has 7 heteroatoms. The van der Waals surface area contributed by atoms with Crippen LogP contribution in [0.15, 0.2) is 54.9 Å². The zero-order valence-electron chi connectivity index (χ0n) is 17.6. The van der Waals surface area contributed by atoms with Crippen LogP contribution in [0.2, 0.25) is 0 Å². The minimum atomic E-state index is -1.04. The summed E-state index contributed by atoms with van der Waals surface area (Å²) in [6.07, 6.45) is 3.41. The van der Waals surface area contributed by atoms with E-state index in [0.29, 0.717) is 11.4 Å². The average molecular weight is 421 g/mol. The Hall–Kier alpha value is -3.16. The molecule has 2 aromatic heterocycles. The summed E-state index contributed by atoms with van der Waals surface area (Å²) in [5, 5.41) is 13.4. The van der Waals surface area contributed by atoms with Crippen LogP contribution in [-0.2, 0) is 20.5 Å². The van der Waals surface area contributed by atoms with Crippen molar-refractivity contribution in [2.45, 2.75) is 31.8 Å². The molecule has 1 aliphatic rings. The lowest BCUT2D eigenvalue weighted by atomic mass is 9.80. The minimum absolute atomic E-state index is 0.216. The van der Waals surface area contributed by atoms with E-state index >= 15 is 0 Å². The minimum Gasteiger partial charge on any atom is -0.386 e. The van der Waals surface area contributed by atoms with Gasteiger partial charge in [0.05, 0.1) is 24.5 Å². The average Bonchev–Trinajstić information content (AvgIpc) is 2.69. The summed E-state index contributed by atoms with van der Waals surface area (Å²) in [6, 6.07) is 11.1. The molecule has 0 atom stereocenters. The maximum absolute atomic E-state index is 13.1. The molecule has 1 aromatic carbocycles. The van der Waals surface area contributed by atoms with E-state index in [9.17, 15) is 14.3 Å². The van der Waals surface area contributed by atoms with Crippen molar-refractivity contribution in [3.63, 3.8) is 0 Å². The Morgan fingerprint density at radius 3 is 2.39 bits per heavy atom. The van der Waals surface area contributed by atoms with Gasteiger partial charge in [0.1, 0.15) is 11.2 Å². The Labute approximate surface area is 180 Å². The van der Waals surface area contributed by atoms with E-state index in [1.54, 1.807) is 32.3 Å². The normalized spacial score (nSPS) is 15.3. The first kappa shape index (κ1) is 21.1. The monoisotopic (exact) mass is 421 g/mol. The number of benzene rings is 1. The summed E-state index contributed by atoms with van der Waals surface area (Å²) >= 11 is 0. The fourth-order valence-corrected chi connectivity index (χ4v) is 3.62. The molecule has 3 heterocycles. The quantitative estimate of drug-likeness (QED) is 0.656. The summed E-state index contributed by atoms with van der Waals surface area (Å²) < 4.78 is 18.5. The molecular weight excluding hydrogens is 397 g/mol. The number of carbonyl (C=O) groups is 1. The van der Waals surface area contributed by atoms with Crippen LogP contribution in [0.25, 0.3) is 11.1 Å². The number of aryl methyl sites for hydroxylation is 1. The van der Waals surface area contributed by atoms with Crippen LogP contribution >= 0.6 is 0 Å². The van der Waals surface area contributed by atoms with Gasteiger partial charge in [0.25, 0.3) is 0 Å². The number of carbonyl (C=O) groups excluding carboxylic acids is 1. The summed E-state index contributed by atoms with van der Waals surface area (Å²) in [7, 11) is 0. The maximum atomic E-state index is 13.1. The van der Waals surface area contributed by atoms with Crippen LogP contribution in [0.1, 0.15) is 30.8 Å². The van der Waals surface area contributed by atoms with Gasteiger partial charge in [-0.3, -0.25) is 14.8 Å². The van der Waals surface area contributed by atoms with Gasteiger partial charge in [0, 0.05) is 34.9 Å². The summed E-state index contributed by atoms with van der Waals surface area (Å²) in [5.74, 6) is -0.618. The van der Waals surface area contributed by atoms with E-state index in [0.717, 1.165) is 22.4 Å². The first-order chi connectivity index (χ1) is 14.7. The molecule has 1 fully saturated rings. The highest BCUT2D eigenvalue weighted by atomic mass is 19.1. The number of nitrogens with zero attached hydrogens (tertiary/aromatic N) is 2. The molecule has 4 rings (SSSR count). The Kier molecular flexibility index (Phi) is 5.33. The number of rotatable bonds is 5. The van der Waals surface area contributed by atoms with Crippen LogP contribution in [0, 0.1) is 12.7 Å². The number of ether oxygens (including phenoxy) is 1. The zero-order valence-corrected chi connectivity index (χ0v) is 17.6. The highest BCUT2D eigenvalue weighted by molar-refractivity contribution is 5.99. The number of amides is 1. The SMILES string of the molecule is Cc1cc(C(C)(C)O)c(-c2ccc(C3(C(=O)Nc4ccc(F)cc4)COC3)nc2)cn1. The largest absolute Gasteiger partial charge is 0.386 e. The predicted octanol–water partition coefficient (Wildman–Crippen LogP) is 3.73. The second-order valence-electron chi connectivity index (χ2n) is 8.40. The Morgan fingerprint density at radius 2 is 1.84 bits per heavy atom. The fraction of sp³-hybridized carbons (Fsp3) is 0.292. The number of nitrogens with one attached hydrogen (secondary N) is 1. The number of halogens is 1. The Morgan fingerprint density at radius 1 is 1.13 bits per heavy atom. The number of hydrogen-bond acceptors (Lipinski definition) is 5. The van der Waals surface area contributed by atoms with Crippen LogP contribution in [0.3, 0.4) is 0 Å². The molecule has 2 N–H and O–H groups in total. The van der Waals surface area contributed by atoms with Crippen LogP contribution < -0.4 is 5.32 Å². The van der Waals surface area contributed by atoms with Crippen LogP contribution in [0.5, 0.6) is 0 Å². The Balaban J connectivity index is 1.63. The number of aromatic nitrogens is 2. The van der Waals surface area contributed by atoms with Gasteiger partial charge in [-0.2, -0.15) is 0 Å². The highest BCUT2D eigenvalue weighted by Crippen LogP contribution is 2.35. The fourth-order valence-electron chi connectivity index (χ4n) is 3.62. The molecule has 160 valence electrons. The summed E-state index contributed by atoms with van der Waals surface area (Å²) in [4.78, 5) is 21.9. The van der Waals surface area contributed by atoms with E-state index in [4.69, 9.17) is 4.74 Å². The van der Waals surface area contributed by atoms with Crippen molar-refractivity contribution in [2.75, 3.05) is 18.5 Å². The molecule has 0 radical (unpaired) electrons. The third-order valence-corrected chi connectivity index (χ3v) is 5.50. The van der Waals surface area contributed by atoms with Crippen molar-refractivity contribution in [1.82, 2.24) is 9.97 Å². The first-order valence-corrected chi connectivity index (χ1v) is 10.0. The lowest BCUT2D eigenvalue weighted by Gasteiger charge is -2.39. The smallest absolute Gasteiger partial charge is 0.241 e. The van der Waals surface area contributed by atoms with Gasteiger partial charge in [-0.1, -0.05) is 6.07 Å². The lowest BCUT2D eigenvalue weighted by molar-refractivity contribution is -0.140. The lowest BCUT2D eigenvalue weighted by Crippen LogP contribution is -2.56. The van der Waals surface area contributed by atoms with Gasteiger partial charge in [-0.25, -0.2) is 4.39 Å². The summed E-state index contributed by atoms with van der Waals surface area (Å²) in [6.45, 7) is 5.77. The highest BCUT2D eigenvalue weighted by Gasteiger charge is 2.49. The van der Waals surface area contributed by atoms with Gasteiger partial charge >= 0.3 is 0 Å². The second kappa shape index (κ2) is 7.83. The van der Waals surface area contributed by atoms with Crippen molar-refractivity contribution < 1.29 is 19.0 Å². The molecule has 1 aliphatic heterocycles. The van der Waals surface area contributed by atoms with Crippen LogP contribution in [-0.4, -0.2) is 34.2 Å². The van der Waals surface area contributed by atoms with E-state index in [2.05, 4.69) is 15.3 Å². The Bertz CT molecular complexity index is 1100. The van der Waals surface area contributed by atoms with E-state index in [1.807, 2.05) is 19.1 Å². The molecule has 1 amide bonds. The van der Waals surface area contributed by atoms with Gasteiger partial charge in [0.15, 0.2) is 0 Å². The topological polar surface area (TPSA) is 84.3 Å². The number of aliphatic hydroxyl groups is 1. The molecule has 6 nitrogen and oxygen atoms in total. The van der Waals surface area contributed by atoms with Gasteiger partial charge in [-0.05, 0) is 62.7 Å². The van der Waals surface area contributed by atoms with Gasteiger partial charge < -0.3 is 15.2 Å². The summed E-state index contributed by atoms with van der Waals surface area (Å²) in [5.41, 5.74) is 2.30. The first-order valence-electron chi connectivity index (χ1n) is 10.0. The molecule has 0 bridgehead atoms. The second-order valence-corrected chi connectivity index (χ2v) is 8.40. The molecule has 31 heavy (non-hydrogen) atoms. The standard InChI is InChI=1S/C24H24FN3O3/c1-15-10-20(23(2,3)30)19(12-26-15)16-4-9-21(27-11-16)24(13-31-14-24)22(29)28-18-7-5-17(25)6-8-18/h4-12,30H,13-14H2,1-3H3,(H,28,29). The van der Waals surface area contributed by atoms with Crippen molar-refractivity contribution in [1.29, 1.82) is 0 Å². The van der Waals surface area contributed by atoms with Gasteiger partial charge in [0.2, 0.25) is 5.91 Å². The molecule has 3 aromatic rings. The number of hydrogen-bond donors (Lipinski definition) is 2. The van der Waals surface area contributed by atoms with E-state index < -0.39 is 11.0 Å². The predicted molar refractivity (Wildman–Crippen MR) is 115 cm³/mol. The zero-order chi connectivity index (χ0) is 22.2. The molecule has 0 unspecified atom stereocenters. The van der Waals surface area contributed by atoms with Crippen LogP contribution in [0.4, 0.5) is 10.1 Å². The molecule has 0 saturated carbocycles. The number of pyridine rings is 2. The molecular formula is C24H24FN3O3. The maximum Gasteiger partial charge on any atom is 0.241 e. The van der Waals surface area contributed by atoms with Crippen molar-refractivity contribution in [2.24, 2.45) is 0 Å². The van der Waals surface area contributed by atoms with Crippen molar-refractivity contribution in [3.8, 4) is 11.1 Å². The third-order valence-electron chi connectivity index (χ3n) is 5.50. The van der Waals surface area contributed by atoms with Crippen molar-refractivity contribution in [3.05, 3.63) is 77.6 Å². The molecule has 0 spiro atoms. The molecule has 0 aliphatic carbocycles. The van der Waals surface area contributed by atoms with Crippen molar-refractivity contribution >= 4 is 11.6 Å². The molecule has 1 saturated heterocycles. The van der Waals surface area contributed by atoms with E-state index in [1.165, 1.54) is 24.3 Å². The number of anilines is 1.